The second-order valence-corrected chi connectivity index (χ2v) is 10.6. The van der Waals surface area contributed by atoms with Gasteiger partial charge in [0.2, 0.25) is 5.91 Å². The molecule has 2 aliphatic rings. The number of hydrogen-bond donors (Lipinski definition) is 3. The SMILES string of the molecule is CC1CCCN1C(=O)C(NC(=O)NC1(Cc2ccccc2O)CCCCC1)C(C)(C)C. The first kappa shape index (κ1) is 23.4. The van der Waals surface area contributed by atoms with Gasteiger partial charge in [-0.2, -0.15) is 0 Å². The number of amides is 3. The summed E-state index contributed by atoms with van der Waals surface area (Å²) in [6.07, 6.45) is 7.59. The molecule has 1 aliphatic heterocycles. The van der Waals surface area contributed by atoms with E-state index in [1.807, 2.05) is 43.9 Å². The molecule has 2 unspecified atom stereocenters. The summed E-state index contributed by atoms with van der Waals surface area (Å²) in [4.78, 5) is 28.4. The molecule has 172 valence electrons. The van der Waals surface area contributed by atoms with Gasteiger partial charge in [-0.15, -0.1) is 0 Å². The van der Waals surface area contributed by atoms with Gasteiger partial charge in [0.15, 0.2) is 0 Å². The molecule has 1 saturated heterocycles. The molecule has 3 rings (SSSR count). The van der Waals surface area contributed by atoms with Gasteiger partial charge in [0.25, 0.3) is 0 Å². The number of para-hydroxylation sites is 1. The molecular weight excluding hydrogens is 390 g/mol. The van der Waals surface area contributed by atoms with Crippen molar-refractivity contribution in [1.29, 1.82) is 0 Å². The van der Waals surface area contributed by atoms with Gasteiger partial charge in [-0.25, -0.2) is 4.79 Å². The Hall–Kier alpha value is -2.24. The van der Waals surface area contributed by atoms with E-state index in [1.165, 1.54) is 0 Å². The van der Waals surface area contributed by atoms with Crippen molar-refractivity contribution in [3.05, 3.63) is 29.8 Å². The van der Waals surface area contributed by atoms with Crippen LogP contribution in [0.15, 0.2) is 24.3 Å². The zero-order chi connectivity index (χ0) is 22.6. The van der Waals surface area contributed by atoms with Gasteiger partial charge in [-0.3, -0.25) is 4.79 Å². The average molecular weight is 430 g/mol. The fourth-order valence-electron chi connectivity index (χ4n) is 5.08. The highest BCUT2D eigenvalue weighted by Gasteiger charge is 2.40. The van der Waals surface area contributed by atoms with E-state index in [-0.39, 0.29) is 23.7 Å². The van der Waals surface area contributed by atoms with E-state index in [2.05, 4.69) is 17.6 Å². The molecule has 1 aromatic rings. The summed E-state index contributed by atoms with van der Waals surface area (Å²) in [7, 11) is 0. The Bertz CT molecular complexity index is 780. The van der Waals surface area contributed by atoms with Crippen molar-refractivity contribution in [1.82, 2.24) is 15.5 Å². The van der Waals surface area contributed by atoms with E-state index in [9.17, 15) is 14.7 Å². The zero-order valence-electron chi connectivity index (χ0n) is 19.5. The molecule has 6 heteroatoms. The van der Waals surface area contributed by atoms with E-state index in [1.54, 1.807) is 6.07 Å². The van der Waals surface area contributed by atoms with Crippen molar-refractivity contribution < 1.29 is 14.7 Å². The molecule has 3 amide bonds. The summed E-state index contributed by atoms with van der Waals surface area (Å²) in [5, 5.41) is 16.5. The molecule has 1 aliphatic carbocycles. The predicted octanol–water partition coefficient (Wildman–Crippen LogP) is 4.36. The number of carbonyl (C=O) groups excluding carboxylic acids is 2. The topological polar surface area (TPSA) is 81.7 Å². The van der Waals surface area contributed by atoms with Crippen LogP contribution in [0.2, 0.25) is 0 Å². The van der Waals surface area contributed by atoms with Gasteiger partial charge >= 0.3 is 6.03 Å². The van der Waals surface area contributed by atoms with Crippen LogP contribution < -0.4 is 10.6 Å². The number of nitrogens with one attached hydrogen (secondary N) is 2. The minimum absolute atomic E-state index is 0.00560. The van der Waals surface area contributed by atoms with Crippen LogP contribution in [0, 0.1) is 5.41 Å². The van der Waals surface area contributed by atoms with Gasteiger partial charge in [-0.1, -0.05) is 58.2 Å². The molecule has 2 atom stereocenters. The molecule has 2 fully saturated rings. The molecule has 1 aromatic carbocycles. The number of likely N-dealkylation sites (tertiary alicyclic amines) is 1. The number of benzene rings is 1. The Balaban J connectivity index is 1.75. The van der Waals surface area contributed by atoms with Gasteiger partial charge in [0, 0.05) is 18.1 Å². The van der Waals surface area contributed by atoms with Crippen LogP contribution in [0.3, 0.4) is 0 Å². The lowest BCUT2D eigenvalue weighted by molar-refractivity contribution is -0.136. The van der Waals surface area contributed by atoms with Crippen molar-refractivity contribution in [3.8, 4) is 5.75 Å². The number of phenolic OH excluding ortho intramolecular Hbond substituents is 1. The summed E-state index contributed by atoms with van der Waals surface area (Å²) >= 11 is 0. The van der Waals surface area contributed by atoms with Crippen LogP contribution >= 0.6 is 0 Å². The van der Waals surface area contributed by atoms with Gasteiger partial charge < -0.3 is 20.6 Å². The maximum atomic E-state index is 13.3. The summed E-state index contributed by atoms with van der Waals surface area (Å²) in [6.45, 7) is 8.82. The highest BCUT2D eigenvalue weighted by Crippen LogP contribution is 2.34. The Morgan fingerprint density at radius 2 is 1.84 bits per heavy atom. The molecule has 1 saturated carbocycles. The van der Waals surface area contributed by atoms with Gasteiger partial charge in [0.1, 0.15) is 11.8 Å². The maximum Gasteiger partial charge on any atom is 0.315 e. The second-order valence-electron chi connectivity index (χ2n) is 10.6. The summed E-state index contributed by atoms with van der Waals surface area (Å²) in [5.41, 5.74) is 0.0425. The maximum absolute atomic E-state index is 13.3. The quantitative estimate of drug-likeness (QED) is 0.650. The fraction of sp³-hybridized carbons (Fsp3) is 0.680. The van der Waals surface area contributed by atoms with Crippen LogP contribution in [0.1, 0.15) is 78.2 Å². The molecule has 3 N–H and O–H groups in total. The van der Waals surface area contributed by atoms with E-state index in [0.717, 1.165) is 57.1 Å². The van der Waals surface area contributed by atoms with Crippen molar-refractivity contribution in [2.24, 2.45) is 5.41 Å². The summed E-state index contributed by atoms with van der Waals surface area (Å²) < 4.78 is 0. The Morgan fingerprint density at radius 3 is 2.42 bits per heavy atom. The summed E-state index contributed by atoms with van der Waals surface area (Å²) in [6, 6.07) is 6.67. The average Bonchev–Trinajstić information content (AvgIpc) is 3.13. The number of carbonyl (C=O) groups is 2. The lowest BCUT2D eigenvalue weighted by Crippen LogP contribution is -2.61. The minimum atomic E-state index is -0.584. The second kappa shape index (κ2) is 9.49. The number of phenols is 1. The number of nitrogens with zero attached hydrogens (tertiary/aromatic N) is 1. The first-order valence-corrected chi connectivity index (χ1v) is 11.8. The van der Waals surface area contributed by atoms with Gasteiger partial charge in [-0.05, 0) is 56.1 Å². The lowest BCUT2D eigenvalue weighted by Gasteiger charge is -2.40. The van der Waals surface area contributed by atoms with Crippen LogP contribution in [0.25, 0.3) is 0 Å². The van der Waals surface area contributed by atoms with E-state index in [0.29, 0.717) is 6.42 Å². The molecule has 31 heavy (non-hydrogen) atoms. The summed E-state index contributed by atoms with van der Waals surface area (Å²) in [5.74, 6) is 0.270. The smallest absolute Gasteiger partial charge is 0.315 e. The van der Waals surface area contributed by atoms with Gasteiger partial charge in [0.05, 0.1) is 0 Å². The lowest BCUT2D eigenvalue weighted by atomic mass is 9.77. The number of urea groups is 1. The van der Waals surface area contributed by atoms with Crippen molar-refractivity contribution >= 4 is 11.9 Å². The number of hydrogen-bond acceptors (Lipinski definition) is 3. The molecular formula is C25H39N3O3. The Morgan fingerprint density at radius 1 is 1.16 bits per heavy atom. The standard InChI is InChI=1S/C25H39N3O3/c1-18-11-10-16-28(18)22(30)21(24(2,3)4)26-23(31)27-25(14-8-5-9-15-25)17-19-12-6-7-13-20(19)29/h6-7,12-13,18,21,29H,5,8-11,14-17H2,1-4H3,(H2,26,27,31). The Kier molecular flexibility index (Phi) is 7.17. The van der Waals surface area contributed by atoms with Crippen molar-refractivity contribution in [2.75, 3.05) is 6.54 Å². The highest BCUT2D eigenvalue weighted by atomic mass is 16.3. The van der Waals surface area contributed by atoms with Crippen molar-refractivity contribution in [2.45, 2.75) is 96.7 Å². The molecule has 0 bridgehead atoms. The van der Waals surface area contributed by atoms with E-state index >= 15 is 0 Å². The number of aromatic hydroxyl groups is 1. The Labute approximate surface area is 186 Å². The first-order chi connectivity index (χ1) is 14.6. The minimum Gasteiger partial charge on any atom is -0.508 e. The highest BCUT2D eigenvalue weighted by molar-refractivity contribution is 5.88. The monoisotopic (exact) mass is 429 g/mol. The third-order valence-electron chi connectivity index (χ3n) is 6.93. The molecule has 1 heterocycles. The van der Waals surface area contributed by atoms with E-state index < -0.39 is 17.0 Å². The molecule has 6 nitrogen and oxygen atoms in total. The van der Waals surface area contributed by atoms with Crippen LogP contribution in [0.4, 0.5) is 4.79 Å². The zero-order valence-corrected chi connectivity index (χ0v) is 19.5. The molecule has 0 spiro atoms. The first-order valence-electron chi connectivity index (χ1n) is 11.8. The third-order valence-corrected chi connectivity index (χ3v) is 6.93. The van der Waals surface area contributed by atoms with Crippen molar-refractivity contribution in [3.63, 3.8) is 0 Å². The third kappa shape index (κ3) is 5.72. The normalized spacial score (nSPS) is 22.1. The predicted molar refractivity (Wildman–Crippen MR) is 123 cm³/mol. The molecule has 0 aromatic heterocycles. The van der Waals surface area contributed by atoms with E-state index in [4.69, 9.17) is 0 Å². The van der Waals surface area contributed by atoms with Crippen LogP contribution in [0.5, 0.6) is 5.75 Å². The largest absolute Gasteiger partial charge is 0.508 e. The van der Waals surface area contributed by atoms with Crippen LogP contribution in [-0.2, 0) is 11.2 Å². The fourth-order valence-corrected chi connectivity index (χ4v) is 5.08. The number of rotatable bonds is 5. The molecule has 0 radical (unpaired) electrons. The van der Waals surface area contributed by atoms with Crippen LogP contribution in [-0.4, -0.2) is 46.1 Å².